The van der Waals surface area contributed by atoms with Crippen molar-refractivity contribution in [2.24, 2.45) is 0 Å². The number of benzene rings is 1. The molecule has 0 aliphatic carbocycles. The van der Waals surface area contributed by atoms with Crippen LogP contribution in [0.2, 0.25) is 0 Å². The summed E-state index contributed by atoms with van der Waals surface area (Å²) in [6.45, 7) is 0.150. The lowest BCUT2D eigenvalue weighted by molar-refractivity contribution is 0.0365. The first-order valence-corrected chi connectivity index (χ1v) is 5.47. The van der Waals surface area contributed by atoms with Crippen molar-refractivity contribution in [3.63, 3.8) is 0 Å². The minimum atomic E-state index is -2.90. The Hall–Kier alpha value is -2.31. The Morgan fingerprint density at radius 3 is 2.84 bits per heavy atom. The van der Waals surface area contributed by atoms with Gasteiger partial charge in [0.1, 0.15) is 0 Å². The first-order chi connectivity index (χ1) is 8.87. The molecule has 0 fully saturated rings. The number of rotatable bonds is 4. The maximum Gasteiger partial charge on any atom is 0.337 e. The third-order valence-corrected chi connectivity index (χ3v) is 2.40. The van der Waals surface area contributed by atoms with Crippen molar-refractivity contribution in [1.29, 1.82) is 0 Å². The lowest BCUT2D eigenvalue weighted by Gasteiger charge is -2.11. The van der Waals surface area contributed by atoms with Gasteiger partial charge in [-0.05, 0) is 6.07 Å². The summed E-state index contributed by atoms with van der Waals surface area (Å²) in [5.41, 5.74) is 0.220. The molecular formula is C12H11F2N3O2. The van der Waals surface area contributed by atoms with E-state index in [0.29, 0.717) is 5.39 Å². The Balaban J connectivity index is 2.38. The number of halogens is 2. The summed E-state index contributed by atoms with van der Waals surface area (Å²) in [4.78, 5) is 18.9. The molecule has 0 amide bonds. The zero-order valence-electron chi connectivity index (χ0n) is 10.0. The second-order valence-electron chi connectivity index (χ2n) is 4.17. The second-order valence-corrected chi connectivity index (χ2v) is 4.17. The lowest BCUT2D eigenvalue weighted by atomic mass is 10.1. The summed E-state index contributed by atoms with van der Waals surface area (Å²) in [6.07, 6.45) is 1.39. The number of hydrogen-bond donors (Lipinski definition) is 2. The predicted molar refractivity (Wildman–Crippen MR) is 65.6 cm³/mol. The Morgan fingerprint density at radius 2 is 2.21 bits per heavy atom. The monoisotopic (exact) mass is 267 g/mol. The number of fused-ring (bicyclic) bond motifs is 1. The topological polar surface area (TPSA) is 75.1 Å². The molecule has 0 saturated heterocycles. The van der Waals surface area contributed by atoms with Gasteiger partial charge in [0.05, 0.1) is 17.6 Å². The van der Waals surface area contributed by atoms with Crippen molar-refractivity contribution in [2.75, 3.05) is 11.9 Å². The first-order valence-electron chi connectivity index (χ1n) is 5.47. The maximum absolute atomic E-state index is 12.7. The van der Waals surface area contributed by atoms with Crippen LogP contribution in [-0.4, -0.2) is 33.5 Å². The highest BCUT2D eigenvalue weighted by molar-refractivity contribution is 6.01. The van der Waals surface area contributed by atoms with Gasteiger partial charge in [-0.2, -0.15) is 0 Å². The number of carboxylic acids is 1. The molecule has 0 spiro atoms. The molecule has 7 heteroatoms. The standard InChI is InChI=1S/C12H11F2N3O2/c1-12(13,14)6-16-11-15-5-7-3-2-4-8(10(18)19)9(7)17-11/h2-5H,6H2,1H3,(H,18,19)(H,15,16,17). The molecule has 2 rings (SSSR count). The van der Waals surface area contributed by atoms with Crippen LogP contribution in [0.1, 0.15) is 17.3 Å². The van der Waals surface area contributed by atoms with Gasteiger partial charge >= 0.3 is 5.97 Å². The number of carbonyl (C=O) groups is 1. The van der Waals surface area contributed by atoms with Crippen molar-refractivity contribution in [3.05, 3.63) is 30.0 Å². The molecule has 5 nitrogen and oxygen atoms in total. The molecule has 0 radical (unpaired) electrons. The van der Waals surface area contributed by atoms with Crippen molar-refractivity contribution < 1.29 is 18.7 Å². The number of alkyl halides is 2. The second kappa shape index (κ2) is 4.75. The van der Waals surface area contributed by atoms with Gasteiger partial charge in [-0.1, -0.05) is 12.1 Å². The number of hydrogen-bond acceptors (Lipinski definition) is 4. The highest BCUT2D eigenvalue weighted by Gasteiger charge is 2.21. The molecule has 19 heavy (non-hydrogen) atoms. The van der Waals surface area contributed by atoms with E-state index in [1.54, 1.807) is 12.1 Å². The quantitative estimate of drug-likeness (QED) is 0.889. The van der Waals surface area contributed by atoms with Crippen LogP contribution >= 0.6 is 0 Å². The van der Waals surface area contributed by atoms with E-state index in [1.165, 1.54) is 12.3 Å². The molecule has 0 saturated carbocycles. The van der Waals surface area contributed by atoms with Crippen molar-refractivity contribution in [3.8, 4) is 0 Å². The molecule has 0 aliphatic heterocycles. The van der Waals surface area contributed by atoms with E-state index in [-0.39, 0.29) is 17.0 Å². The Morgan fingerprint density at radius 1 is 1.47 bits per heavy atom. The number of para-hydroxylation sites is 1. The Bertz CT molecular complexity index is 626. The van der Waals surface area contributed by atoms with E-state index in [1.807, 2.05) is 0 Å². The number of nitrogens with one attached hydrogen (secondary N) is 1. The van der Waals surface area contributed by atoms with Gasteiger partial charge in [0.25, 0.3) is 5.92 Å². The molecule has 0 atom stereocenters. The van der Waals surface area contributed by atoms with Gasteiger partial charge in [0, 0.05) is 18.5 Å². The molecule has 2 aromatic rings. The van der Waals surface area contributed by atoms with Gasteiger partial charge in [-0.3, -0.25) is 0 Å². The lowest BCUT2D eigenvalue weighted by Crippen LogP contribution is -2.23. The van der Waals surface area contributed by atoms with Crippen LogP contribution in [0.3, 0.4) is 0 Å². The molecule has 1 heterocycles. The van der Waals surface area contributed by atoms with Gasteiger partial charge in [-0.25, -0.2) is 23.5 Å². The molecule has 0 unspecified atom stereocenters. The first kappa shape index (κ1) is 13.1. The van der Waals surface area contributed by atoms with Crippen LogP contribution in [0, 0.1) is 0 Å². The SMILES string of the molecule is CC(F)(F)CNc1ncc2cccc(C(=O)O)c2n1. The van der Waals surface area contributed by atoms with Crippen molar-refractivity contribution in [1.82, 2.24) is 9.97 Å². The molecule has 2 N–H and O–H groups in total. The third-order valence-electron chi connectivity index (χ3n) is 2.40. The van der Waals surface area contributed by atoms with E-state index in [9.17, 15) is 13.6 Å². The highest BCUT2D eigenvalue weighted by Crippen LogP contribution is 2.18. The average molecular weight is 267 g/mol. The Kier molecular flexibility index (Phi) is 3.28. The fraction of sp³-hybridized carbons (Fsp3) is 0.250. The van der Waals surface area contributed by atoms with Crippen LogP contribution in [0.4, 0.5) is 14.7 Å². The van der Waals surface area contributed by atoms with Gasteiger partial charge in [0.2, 0.25) is 5.95 Å². The highest BCUT2D eigenvalue weighted by atomic mass is 19.3. The molecule has 0 bridgehead atoms. The molecular weight excluding hydrogens is 256 g/mol. The normalized spacial score (nSPS) is 11.5. The molecule has 1 aromatic carbocycles. The molecule has 0 aliphatic rings. The minimum Gasteiger partial charge on any atom is -0.478 e. The van der Waals surface area contributed by atoms with Gasteiger partial charge in [0.15, 0.2) is 0 Å². The van der Waals surface area contributed by atoms with Crippen molar-refractivity contribution in [2.45, 2.75) is 12.8 Å². The van der Waals surface area contributed by atoms with Gasteiger partial charge < -0.3 is 10.4 Å². The van der Waals surface area contributed by atoms with Crippen molar-refractivity contribution >= 4 is 22.8 Å². The summed E-state index contributed by atoms with van der Waals surface area (Å²) in [6, 6.07) is 4.62. The zero-order valence-corrected chi connectivity index (χ0v) is 10.0. The third kappa shape index (κ3) is 3.12. The number of nitrogens with zero attached hydrogens (tertiary/aromatic N) is 2. The average Bonchev–Trinajstić information content (AvgIpc) is 2.34. The molecule has 100 valence electrons. The Labute approximate surface area is 107 Å². The van der Waals surface area contributed by atoms with Crippen LogP contribution in [-0.2, 0) is 0 Å². The predicted octanol–water partition coefficient (Wildman–Crippen LogP) is 2.40. The van der Waals surface area contributed by atoms with E-state index >= 15 is 0 Å². The van der Waals surface area contributed by atoms with Crippen LogP contribution in [0.25, 0.3) is 10.9 Å². The van der Waals surface area contributed by atoms with Crippen LogP contribution < -0.4 is 5.32 Å². The largest absolute Gasteiger partial charge is 0.478 e. The fourth-order valence-electron chi connectivity index (χ4n) is 1.55. The zero-order chi connectivity index (χ0) is 14.0. The summed E-state index contributed by atoms with van der Waals surface area (Å²) in [5.74, 6) is -4.05. The van der Waals surface area contributed by atoms with E-state index in [4.69, 9.17) is 5.11 Å². The maximum atomic E-state index is 12.7. The smallest absolute Gasteiger partial charge is 0.337 e. The minimum absolute atomic E-state index is 0.00575. The summed E-state index contributed by atoms with van der Waals surface area (Å²) in [5, 5.41) is 11.9. The summed E-state index contributed by atoms with van der Waals surface area (Å²) < 4.78 is 25.4. The van der Waals surface area contributed by atoms with E-state index < -0.39 is 18.4 Å². The number of aromatic carboxylic acids is 1. The van der Waals surface area contributed by atoms with Crippen LogP contribution in [0.15, 0.2) is 24.4 Å². The van der Waals surface area contributed by atoms with E-state index in [0.717, 1.165) is 6.92 Å². The summed E-state index contributed by atoms with van der Waals surface area (Å²) in [7, 11) is 0. The fourth-order valence-corrected chi connectivity index (χ4v) is 1.55. The molecule has 1 aromatic heterocycles. The summed E-state index contributed by atoms with van der Waals surface area (Å²) >= 11 is 0. The van der Waals surface area contributed by atoms with E-state index in [2.05, 4.69) is 15.3 Å². The van der Waals surface area contributed by atoms with Gasteiger partial charge in [-0.15, -0.1) is 0 Å². The number of carboxylic acid groups (broad SMARTS) is 1. The van der Waals surface area contributed by atoms with Crippen LogP contribution in [0.5, 0.6) is 0 Å². The number of anilines is 1. The number of aromatic nitrogens is 2.